The number of nitrogens with zero attached hydrogens (tertiary/aromatic N) is 3. The Kier molecular flexibility index (Phi) is 6.38. The molecule has 8 heteroatoms. The van der Waals surface area contributed by atoms with Crippen LogP contribution in [0.3, 0.4) is 0 Å². The number of aliphatic hydroxyl groups excluding tert-OH is 1. The second-order valence-corrected chi connectivity index (χ2v) is 9.01. The summed E-state index contributed by atoms with van der Waals surface area (Å²) in [6.07, 6.45) is 1.06. The maximum Gasteiger partial charge on any atom is 0.243 e. The highest BCUT2D eigenvalue weighted by Crippen LogP contribution is 2.26. The number of carbonyl (C=O) groups is 2. The van der Waals surface area contributed by atoms with Crippen LogP contribution >= 0.6 is 0 Å². The van der Waals surface area contributed by atoms with E-state index in [1.807, 2.05) is 45.9 Å². The predicted molar refractivity (Wildman–Crippen MR) is 115 cm³/mol. The van der Waals surface area contributed by atoms with Gasteiger partial charge in [-0.2, -0.15) is 0 Å². The van der Waals surface area contributed by atoms with Crippen molar-refractivity contribution in [3.05, 3.63) is 35.8 Å². The Hall–Kier alpha value is -2.58. The molecule has 30 heavy (non-hydrogen) atoms. The zero-order chi connectivity index (χ0) is 22.1. The lowest BCUT2D eigenvalue weighted by molar-refractivity contribution is -0.142. The SMILES string of the molecule is CN[C@H](C(=O)N1C[C@H](O)C[C@H]1C(=O)NCc1ccc2c(C)ncnc2c1)C(C)(C)C. The van der Waals surface area contributed by atoms with Gasteiger partial charge in [-0.3, -0.25) is 9.59 Å². The van der Waals surface area contributed by atoms with Crippen LogP contribution < -0.4 is 10.6 Å². The van der Waals surface area contributed by atoms with Crippen molar-refractivity contribution in [3.63, 3.8) is 0 Å². The van der Waals surface area contributed by atoms with Gasteiger partial charge in [-0.1, -0.05) is 32.9 Å². The third-order valence-corrected chi connectivity index (χ3v) is 5.63. The molecule has 3 atom stereocenters. The van der Waals surface area contributed by atoms with Gasteiger partial charge in [-0.25, -0.2) is 9.97 Å². The first-order chi connectivity index (χ1) is 14.1. The molecule has 0 unspecified atom stereocenters. The molecule has 1 aliphatic heterocycles. The van der Waals surface area contributed by atoms with Crippen molar-refractivity contribution in [3.8, 4) is 0 Å². The van der Waals surface area contributed by atoms with Gasteiger partial charge in [-0.05, 0) is 31.0 Å². The number of aliphatic hydroxyl groups is 1. The van der Waals surface area contributed by atoms with Crippen LogP contribution in [0.4, 0.5) is 0 Å². The molecule has 0 bridgehead atoms. The summed E-state index contributed by atoms with van der Waals surface area (Å²) in [5.41, 5.74) is 2.33. The summed E-state index contributed by atoms with van der Waals surface area (Å²) in [5, 5.41) is 17.1. The highest BCUT2D eigenvalue weighted by Gasteiger charge is 2.43. The number of nitrogens with one attached hydrogen (secondary N) is 2. The number of hydrogen-bond donors (Lipinski definition) is 3. The van der Waals surface area contributed by atoms with Gasteiger partial charge < -0.3 is 20.6 Å². The van der Waals surface area contributed by atoms with E-state index >= 15 is 0 Å². The lowest BCUT2D eigenvalue weighted by atomic mass is 9.86. The number of likely N-dealkylation sites (tertiary alicyclic amines) is 1. The number of aromatic nitrogens is 2. The molecular formula is C22H31N5O3. The Balaban J connectivity index is 1.71. The van der Waals surface area contributed by atoms with Crippen LogP contribution in [-0.4, -0.2) is 63.6 Å². The van der Waals surface area contributed by atoms with Gasteiger partial charge in [0.25, 0.3) is 0 Å². The van der Waals surface area contributed by atoms with Crippen LogP contribution in [0.2, 0.25) is 0 Å². The Morgan fingerprint density at radius 2 is 2.03 bits per heavy atom. The van der Waals surface area contributed by atoms with E-state index in [0.29, 0.717) is 6.54 Å². The Bertz CT molecular complexity index is 940. The van der Waals surface area contributed by atoms with Crippen molar-refractivity contribution in [2.75, 3.05) is 13.6 Å². The van der Waals surface area contributed by atoms with E-state index in [2.05, 4.69) is 20.6 Å². The summed E-state index contributed by atoms with van der Waals surface area (Å²) in [5.74, 6) is -0.429. The molecule has 0 aliphatic carbocycles. The largest absolute Gasteiger partial charge is 0.391 e. The maximum absolute atomic E-state index is 13.1. The first-order valence-electron chi connectivity index (χ1n) is 10.3. The Labute approximate surface area is 177 Å². The summed E-state index contributed by atoms with van der Waals surface area (Å²) >= 11 is 0. The highest BCUT2D eigenvalue weighted by atomic mass is 16.3. The molecule has 2 heterocycles. The number of likely N-dealkylation sites (N-methyl/N-ethyl adjacent to an activating group) is 1. The van der Waals surface area contributed by atoms with Crippen LogP contribution in [0.1, 0.15) is 38.4 Å². The molecule has 3 rings (SSSR count). The van der Waals surface area contributed by atoms with E-state index in [0.717, 1.165) is 22.2 Å². The number of carbonyl (C=O) groups excluding carboxylic acids is 2. The Morgan fingerprint density at radius 3 is 2.70 bits per heavy atom. The zero-order valence-electron chi connectivity index (χ0n) is 18.3. The minimum atomic E-state index is -0.706. The Morgan fingerprint density at radius 1 is 1.30 bits per heavy atom. The van der Waals surface area contributed by atoms with E-state index in [-0.39, 0.29) is 30.2 Å². The number of β-amino-alcohol motifs (C(OH)–C–C–N with tert-alkyl or cyclic N) is 1. The summed E-state index contributed by atoms with van der Waals surface area (Å²) in [4.78, 5) is 36.0. The van der Waals surface area contributed by atoms with Gasteiger partial charge in [0.1, 0.15) is 12.4 Å². The first kappa shape index (κ1) is 22.1. The lowest BCUT2D eigenvalue weighted by Gasteiger charge is -2.34. The van der Waals surface area contributed by atoms with Crippen molar-refractivity contribution >= 4 is 22.7 Å². The first-order valence-corrected chi connectivity index (χ1v) is 10.3. The molecule has 1 aliphatic rings. The van der Waals surface area contributed by atoms with Gasteiger partial charge in [0, 0.05) is 30.6 Å². The van der Waals surface area contributed by atoms with Crippen LogP contribution in [0.25, 0.3) is 10.9 Å². The van der Waals surface area contributed by atoms with Crippen molar-refractivity contribution < 1.29 is 14.7 Å². The molecule has 0 spiro atoms. The number of benzene rings is 1. The second-order valence-electron chi connectivity index (χ2n) is 9.01. The van der Waals surface area contributed by atoms with E-state index in [4.69, 9.17) is 0 Å². The van der Waals surface area contributed by atoms with Crippen molar-refractivity contribution in [1.29, 1.82) is 0 Å². The van der Waals surface area contributed by atoms with Crippen LogP contribution in [0, 0.1) is 12.3 Å². The third-order valence-electron chi connectivity index (χ3n) is 5.63. The lowest BCUT2D eigenvalue weighted by Crippen LogP contribution is -2.55. The van der Waals surface area contributed by atoms with Gasteiger partial charge in [0.2, 0.25) is 11.8 Å². The predicted octanol–water partition coefficient (Wildman–Crippen LogP) is 1.15. The molecule has 8 nitrogen and oxygen atoms in total. The minimum Gasteiger partial charge on any atom is -0.391 e. The van der Waals surface area contributed by atoms with Gasteiger partial charge in [0.15, 0.2) is 0 Å². The van der Waals surface area contributed by atoms with Crippen molar-refractivity contribution in [2.24, 2.45) is 5.41 Å². The molecule has 2 aromatic rings. The fourth-order valence-corrected chi connectivity index (χ4v) is 4.05. The van der Waals surface area contributed by atoms with Crippen LogP contribution in [-0.2, 0) is 16.1 Å². The monoisotopic (exact) mass is 413 g/mol. The molecular weight excluding hydrogens is 382 g/mol. The van der Waals surface area contributed by atoms with Crippen molar-refractivity contribution in [1.82, 2.24) is 25.5 Å². The highest BCUT2D eigenvalue weighted by molar-refractivity contribution is 5.91. The molecule has 1 aromatic carbocycles. The second kappa shape index (κ2) is 8.65. The van der Waals surface area contributed by atoms with E-state index in [1.165, 1.54) is 11.2 Å². The molecule has 3 N–H and O–H groups in total. The summed E-state index contributed by atoms with van der Waals surface area (Å²) in [6, 6.07) is 4.68. The number of rotatable bonds is 5. The third kappa shape index (κ3) is 4.60. The average Bonchev–Trinajstić information content (AvgIpc) is 3.07. The van der Waals surface area contributed by atoms with E-state index < -0.39 is 18.2 Å². The normalized spacial score (nSPS) is 20.4. The maximum atomic E-state index is 13.1. The van der Waals surface area contributed by atoms with Crippen LogP contribution in [0.15, 0.2) is 24.5 Å². The number of amides is 2. The fourth-order valence-electron chi connectivity index (χ4n) is 4.05. The van der Waals surface area contributed by atoms with Gasteiger partial charge in [-0.15, -0.1) is 0 Å². The molecule has 0 radical (unpaired) electrons. The fraction of sp³-hybridized carbons (Fsp3) is 0.545. The summed E-state index contributed by atoms with van der Waals surface area (Å²) in [6.45, 7) is 8.33. The number of hydrogen-bond acceptors (Lipinski definition) is 6. The molecule has 1 fully saturated rings. The molecule has 1 saturated heterocycles. The molecule has 1 aromatic heterocycles. The van der Waals surface area contributed by atoms with E-state index in [1.54, 1.807) is 7.05 Å². The van der Waals surface area contributed by atoms with Gasteiger partial charge >= 0.3 is 0 Å². The zero-order valence-corrected chi connectivity index (χ0v) is 18.3. The molecule has 2 amide bonds. The minimum absolute atomic E-state index is 0.164. The van der Waals surface area contributed by atoms with Gasteiger partial charge in [0.05, 0.1) is 17.7 Å². The summed E-state index contributed by atoms with van der Waals surface area (Å²) in [7, 11) is 1.74. The van der Waals surface area contributed by atoms with Crippen molar-refractivity contribution in [2.45, 2.75) is 58.8 Å². The topological polar surface area (TPSA) is 107 Å². The quantitative estimate of drug-likeness (QED) is 0.679. The number of fused-ring (bicyclic) bond motifs is 1. The summed E-state index contributed by atoms with van der Waals surface area (Å²) < 4.78 is 0. The average molecular weight is 414 g/mol. The molecule has 162 valence electrons. The number of aryl methyl sites for hydroxylation is 1. The standard InChI is InChI=1S/C22H31N5O3/c1-13-16-7-6-14(8-17(16)26-12-25-13)10-24-20(29)18-9-15(28)11-27(18)21(30)19(23-5)22(2,3)4/h6-8,12,15,18-19,23,28H,9-11H2,1-5H3,(H,24,29)/t15-,18+,19-/m1/s1. The van der Waals surface area contributed by atoms with E-state index in [9.17, 15) is 14.7 Å². The molecule has 0 saturated carbocycles. The van der Waals surface area contributed by atoms with Crippen LogP contribution in [0.5, 0.6) is 0 Å². The smallest absolute Gasteiger partial charge is 0.243 e.